The Morgan fingerprint density at radius 2 is 1.50 bits per heavy atom. The van der Waals surface area contributed by atoms with E-state index in [9.17, 15) is 9.59 Å². The molecule has 0 spiro atoms. The first-order chi connectivity index (χ1) is 14.5. The number of amides is 2. The molecule has 0 saturated carbocycles. The third-order valence-electron chi connectivity index (χ3n) is 4.39. The van der Waals surface area contributed by atoms with E-state index in [1.54, 1.807) is 42.5 Å². The number of ether oxygens (including phenoxy) is 1. The molecule has 0 N–H and O–H groups in total. The summed E-state index contributed by atoms with van der Waals surface area (Å²) >= 11 is 12.7. The van der Waals surface area contributed by atoms with Gasteiger partial charge in [0.15, 0.2) is 0 Å². The summed E-state index contributed by atoms with van der Waals surface area (Å²) in [6, 6.07) is 21.3. The van der Waals surface area contributed by atoms with Gasteiger partial charge in [-0.2, -0.15) is 0 Å². The van der Waals surface area contributed by atoms with Crippen LogP contribution in [0.4, 0.5) is 10.5 Å². The minimum Gasteiger partial charge on any atom is -0.488 e. The van der Waals surface area contributed by atoms with Crippen molar-refractivity contribution in [3.63, 3.8) is 0 Å². The van der Waals surface area contributed by atoms with Crippen molar-refractivity contribution in [2.24, 2.45) is 0 Å². The van der Waals surface area contributed by atoms with Gasteiger partial charge in [0, 0.05) is 15.6 Å². The van der Waals surface area contributed by atoms with Gasteiger partial charge in [0.05, 0.1) is 10.6 Å². The van der Waals surface area contributed by atoms with Crippen molar-refractivity contribution in [2.45, 2.75) is 6.61 Å². The molecule has 0 bridgehead atoms. The molecular weight excluding hydrogens is 441 g/mol. The van der Waals surface area contributed by atoms with Crippen molar-refractivity contribution in [1.82, 2.24) is 0 Å². The Kier molecular flexibility index (Phi) is 6.13. The highest BCUT2D eigenvalue weighted by Gasteiger charge is 2.36. The normalized spacial score (nSPS) is 15.1. The van der Waals surface area contributed by atoms with Crippen molar-refractivity contribution in [3.8, 4) is 5.75 Å². The van der Waals surface area contributed by atoms with Crippen molar-refractivity contribution in [3.05, 3.63) is 98.9 Å². The van der Waals surface area contributed by atoms with Gasteiger partial charge in [-0.25, -0.2) is 4.90 Å². The number of imide groups is 1. The maximum absolute atomic E-state index is 12.9. The zero-order chi connectivity index (χ0) is 21.1. The maximum atomic E-state index is 12.9. The lowest BCUT2D eigenvalue weighted by Gasteiger charge is -2.12. The Hall–Kier alpha value is -2.73. The lowest BCUT2D eigenvalue weighted by molar-refractivity contribution is -0.113. The van der Waals surface area contributed by atoms with Crippen LogP contribution in [0.2, 0.25) is 10.0 Å². The van der Waals surface area contributed by atoms with E-state index in [0.717, 1.165) is 22.2 Å². The van der Waals surface area contributed by atoms with Crippen LogP contribution in [0.3, 0.4) is 0 Å². The van der Waals surface area contributed by atoms with Crippen molar-refractivity contribution < 1.29 is 14.3 Å². The average Bonchev–Trinajstić information content (AvgIpc) is 3.02. The molecule has 0 aromatic heterocycles. The summed E-state index contributed by atoms with van der Waals surface area (Å²) in [6.07, 6.45) is 1.68. The lowest BCUT2D eigenvalue weighted by Crippen LogP contribution is -2.27. The predicted octanol–water partition coefficient (Wildman–Crippen LogP) is 6.81. The van der Waals surface area contributed by atoms with Gasteiger partial charge in [-0.1, -0.05) is 53.5 Å². The standard InChI is InChI=1S/C23H15Cl2NO3S/c24-17-7-5-15(6-8-17)14-29-20-4-2-1-3-16(20)13-21-22(27)26(23(28)30-21)19-11-9-18(25)10-12-19/h1-13H,14H2/b21-13-. The minimum atomic E-state index is -0.375. The number of benzene rings is 3. The first-order valence-corrected chi connectivity index (χ1v) is 10.6. The zero-order valence-corrected chi connectivity index (χ0v) is 17.9. The van der Waals surface area contributed by atoms with Crippen LogP contribution < -0.4 is 9.64 Å². The van der Waals surface area contributed by atoms with Gasteiger partial charge in [-0.3, -0.25) is 9.59 Å². The molecule has 0 atom stereocenters. The molecule has 30 heavy (non-hydrogen) atoms. The minimum absolute atomic E-state index is 0.331. The molecule has 0 radical (unpaired) electrons. The molecule has 0 unspecified atom stereocenters. The van der Waals surface area contributed by atoms with E-state index in [4.69, 9.17) is 27.9 Å². The van der Waals surface area contributed by atoms with Crippen molar-refractivity contribution >= 4 is 57.9 Å². The number of anilines is 1. The fourth-order valence-electron chi connectivity index (χ4n) is 2.89. The third kappa shape index (κ3) is 4.54. The summed E-state index contributed by atoms with van der Waals surface area (Å²) in [5.74, 6) is 0.241. The van der Waals surface area contributed by atoms with E-state index in [1.807, 2.05) is 36.4 Å². The fourth-order valence-corrected chi connectivity index (χ4v) is 3.98. The number of hydrogen-bond donors (Lipinski definition) is 0. The molecule has 3 aromatic rings. The SMILES string of the molecule is O=C1S/C(=C\c2ccccc2OCc2ccc(Cl)cc2)C(=O)N1c1ccc(Cl)cc1. The number of thioether (sulfide) groups is 1. The van der Waals surface area contributed by atoms with E-state index in [0.29, 0.717) is 38.6 Å². The number of nitrogens with zero attached hydrogens (tertiary/aromatic N) is 1. The molecule has 7 heteroatoms. The van der Waals surface area contributed by atoms with Crippen LogP contribution >= 0.6 is 35.0 Å². The molecular formula is C23H15Cl2NO3S. The molecule has 4 rings (SSSR count). The van der Waals surface area contributed by atoms with Crippen LogP contribution in [0.15, 0.2) is 77.7 Å². The Bertz CT molecular complexity index is 1130. The zero-order valence-electron chi connectivity index (χ0n) is 15.5. The molecule has 4 nitrogen and oxygen atoms in total. The monoisotopic (exact) mass is 455 g/mol. The molecule has 1 aliphatic rings. The molecule has 150 valence electrons. The van der Waals surface area contributed by atoms with E-state index in [1.165, 1.54) is 0 Å². The van der Waals surface area contributed by atoms with Crippen LogP contribution in [0.25, 0.3) is 6.08 Å². The molecule has 1 saturated heterocycles. The summed E-state index contributed by atoms with van der Waals surface area (Å²) < 4.78 is 5.94. The summed E-state index contributed by atoms with van der Waals surface area (Å²) in [7, 11) is 0. The van der Waals surface area contributed by atoms with Gasteiger partial charge >= 0.3 is 0 Å². The summed E-state index contributed by atoms with van der Waals surface area (Å²) in [4.78, 5) is 26.8. The number of rotatable bonds is 5. The van der Waals surface area contributed by atoms with Crippen LogP contribution in [-0.2, 0) is 11.4 Å². The van der Waals surface area contributed by atoms with Gasteiger partial charge in [-0.05, 0) is 65.9 Å². The molecule has 1 heterocycles. The fraction of sp³-hybridized carbons (Fsp3) is 0.0435. The number of hydrogen-bond acceptors (Lipinski definition) is 4. The van der Waals surface area contributed by atoms with Gasteiger partial charge in [0.1, 0.15) is 12.4 Å². The molecule has 1 aliphatic heterocycles. The largest absolute Gasteiger partial charge is 0.488 e. The average molecular weight is 456 g/mol. The van der Waals surface area contributed by atoms with Crippen LogP contribution in [0.1, 0.15) is 11.1 Å². The van der Waals surface area contributed by atoms with Crippen LogP contribution in [0, 0.1) is 0 Å². The van der Waals surface area contributed by atoms with Gasteiger partial charge in [0.25, 0.3) is 11.1 Å². The predicted molar refractivity (Wildman–Crippen MR) is 122 cm³/mol. The maximum Gasteiger partial charge on any atom is 0.298 e. The Labute approximate surface area is 188 Å². The highest BCUT2D eigenvalue weighted by molar-refractivity contribution is 8.19. The summed E-state index contributed by atoms with van der Waals surface area (Å²) in [6.45, 7) is 0.355. The number of carbonyl (C=O) groups excluding carboxylic acids is 2. The van der Waals surface area contributed by atoms with E-state index < -0.39 is 0 Å². The second-order valence-electron chi connectivity index (χ2n) is 6.45. The van der Waals surface area contributed by atoms with Crippen LogP contribution in [0.5, 0.6) is 5.75 Å². The first-order valence-electron chi connectivity index (χ1n) is 9.01. The smallest absolute Gasteiger partial charge is 0.298 e. The first kappa shape index (κ1) is 20.5. The van der Waals surface area contributed by atoms with Gasteiger partial charge in [-0.15, -0.1) is 0 Å². The van der Waals surface area contributed by atoms with Crippen molar-refractivity contribution in [1.29, 1.82) is 0 Å². The van der Waals surface area contributed by atoms with E-state index in [2.05, 4.69) is 0 Å². The van der Waals surface area contributed by atoms with Crippen molar-refractivity contribution in [2.75, 3.05) is 4.90 Å². The topological polar surface area (TPSA) is 46.6 Å². The Balaban J connectivity index is 1.56. The second kappa shape index (κ2) is 8.96. The highest BCUT2D eigenvalue weighted by atomic mass is 35.5. The molecule has 2 amide bonds. The van der Waals surface area contributed by atoms with Gasteiger partial charge < -0.3 is 4.74 Å². The van der Waals surface area contributed by atoms with E-state index >= 15 is 0 Å². The molecule has 1 fully saturated rings. The summed E-state index contributed by atoms with van der Waals surface area (Å²) in [5.41, 5.74) is 2.17. The molecule has 0 aliphatic carbocycles. The highest BCUT2D eigenvalue weighted by Crippen LogP contribution is 2.37. The Morgan fingerprint density at radius 1 is 0.867 bits per heavy atom. The Morgan fingerprint density at radius 3 is 2.20 bits per heavy atom. The number of carbonyl (C=O) groups is 2. The second-order valence-corrected chi connectivity index (χ2v) is 8.31. The van der Waals surface area contributed by atoms with E-state index in [-0.39, 0.29) is 11.1 Å². The lowest BCUT2D eigenvalue weighted by atomic mass is 10.1. The number of para-hydroxylation sites is 1. The van der Waals surface area contributed by atoms with Crippen LogP contribution in [-0.4, -0.2) is 11.1 Å². The quantitative estimate of drug-likeness (QED) is 0.396. The third-order valence-corrected chi connectivity index (χ3v) is 5.77. The number of halogens is 2. The van der Waals surface area contributed by atoms with Gasteiger partial charge in [0.2, 0.25) is 0 Å². The summed E-state index contributed by atoms with van der Waals surface area (Å²) in [5, 5.41) is 0.844. The molecule has 3 aromatic carbocycles.